The normalized spacial score (nSPS) is 27.6. The van der Waals surface area contributed by atoms with E-state index in [1.54, 1.807) is 0 Å². The second kappa shape index (κ2) is 4.80. The number of hydrogen-bond donors (Lipinski definition) is 1. The van der Waals surface area contributed by atoms with E-state index in [1.165, 1.54) is 30.4 Å². The first-order valence-electron chi connectivity index (χ1n) is 8.26. The summed E-state index contributed by atoms with van der Waals surface area (Å²) in [5.41, 5.74) is 4.63. The largest absolute Gasteiger partial charge is 0.314 e. The average Bonchev–Trinajstić information content (AvgIpc) is 3.32. The fourth-order valence-corrected chi connectivity index (χ4v) is 4.30. The molecule has 2 aromatic heterocycles. The van der Waals surface area contributed by atoms with Crippen molar-refractivity contribution in [2.75, 3.05) is 4.90 Å². The van der Waals surface area contributed by atoms with Crippen LogP contribution in [0.1, 0.15) is 43.1 Å². The van der Waals surface area contributed by atoms with Crippen molar-refractivity contribution in [1.29, 1.82) is 5.26 Å². The number of hydrazone groups is 1. The predicted octanol–water partition coefficient (Wildman–Crippen LogP) is 0.955. The molecule has 0 radical (unpaired) electrons. The Balaban J connectivity index is 1.62. The number of anilines is 1. The summed E-state index contributed by atoms with van der Waals surface area (Å²) in [5.74, 6) is 2.22. The Morgan fingerprint density at radius 2 is 2.21 bits per heavy atom. The molecule has 0 bridgehead atoms. The highest BCUT2D eigenvalue weighted by atomic mass is 15.6. The Kier molecular flexibility index (Phi) is 2.71. The van der Waals surface area contributed by atoms with Crippen LogP contribution >= 0.6 is 0 Å². The molecule has 122 valence electrons. The van der Waals surface area contributed by atoms with Crippen molar-refractivity contribution in [3.63, 3.8) is 0 Å². The lowest BCUT2D eigenvalue weighted by Crippen LogP contribution is -2.53. The zero-order valence-corrected chi connectivity index (χ0v) is 13.3. The predicted molar refractivity (Wildman–Crippen MR) is 84.9 cm³/mol. The van der Waals surface area contributed by atoms with E-state index in [1.807, 2.05) is 25.6 Å². The van der Waals surface area contributed by atoms with Crippen LogP contribution in [0.3, 0.4) is 0 Å². The maximum atomic E-state index is 9.11. The third-order valence-corrected chi connectivity index (χ3v) is 5.45. The fourth-order valence-electron chi connectivity index (χ4n) is 4.30. The maximum absolute atomic E-state index is 9.11. The molecule has 0 amide bonds. The van der Waals surface area contributed by atoms with Gasteiger partial charge >= 0.3 is 0 Å². The zero-order valence-electron chi connectivity index (χ0n) is 13.3. The summed E-state index contributed by atoms with van der Waals surface area (Å²) in [5, 5.41) is 21.7. The number of fused-ring (bicyclic) bond motifs is 6. The molecule has 4 heterocycles. The first-order valence-corrected chi connectivity index (χ1v) is 8.26. The standard InChI is InChI=1S/C15H17N9/c1-9-13(18-21-23(9)7-16)15-20-19-14-10-4-2-3-5-11(10)22-8-17-6-12(22)24(14)15/h6,8,10-11,14,19H,2-5H2,1H3. The van der Waals surface area contributed by atoms with Crippen molar-refractivity contribution in [3.05, 3.63) is 23.9 Å². The van der Waals surface area contributed by atoms with Crippen LogP contribution in [-0.2, 0) is 0 Å². The van der Waals surface area contributed by atoms with Gasteiger partial charge in [-0.2, -0.15) is 15.0 Å². The molecule has 1 saturated carbocycles. The minimum Gasteiger partial charge on any atom is -0.314 e. The summed E-state index contributed by atoms with van der Waals surface area (Å²) in [6.45, 7) is 1.83. The number of amidine groups is 1. The lowest BCUT2D eigenvalue weighted by Gasteiger charge is -2.45. The summed E-state index contributed by atoms with van der Waals surface area (Å²) < 4.78 is 3.49. The molecule has 2 aliphatic heterocycles. The van der Waals surface area contributed by atoms with Crippen LogP contribution in [0.4, 0.5) is 5.82 Å². The third kappa shape index (κ3) is 1.62. The molecule has 9 heteroatoms. The van der Waals surface area contributed by atoms with Gasteiger partial charge in [0.1, 0.15) is 12.0 Å². The van der Waals surface area contributed by atoms with Crippen LogP contribution in [0.25, 0.3) is 0 Å². The van der Waals surface area contributed by atoms with E-state index in [0.29, 0.717) is 29.2 Å². The molecule has 1 aliphatic carbocycles. The Morgan fingerprint density at radius 1 is 1.33 bits per heavy atom. The molecule has 1 N–H and O–H groups in total. The molecule has 2 aromatic rings. The molecule has 0 aromatic carbocycles. The number of hydrogen-bond acceptors (Lipinski definition) is 7. The highest BCUT2D eigenvalue weighted by Crippen LogP contribution is 2.45. The molecular weight excluding hydrogens is 306 g/mol. The van der Waals surface area contributed by atoms with E-state index in [4.69, 9.17) is 5.26 Å². The van der Waals surface area contributed by atoms with Crippen LogP contribution < -0.4 is 10.3 Å². The van der Waals surface area contributed by atoms with E-state index < -0.39 is 0 Å². The van der Waals surface area contributed by atoms with E-state index in [2.05, 4.69) is 35.3 Å². The van der Waals surface area contributed by atoms with E-state index in [-0.39, 0.29) is 6.17 Å². The van der Waals surface area contributed by atoms with Crippen LogP contribution in [0.5, 0.6) is 0 Å². The van der Waals surface area contributed by atoms with Crippen LogP contribution in [-0.4, -0.2) is 36.5 Å². The van der Waals surface area contributed by atoms with Gasteiger partial charge in [0, 0.05) is 12.0 Å². The Labute approximate surface area is 138 Å². The molecule has 3 atom stereocenters. The number of nitrogens with zero attached hydrogens (tertiary/aromatic N) is 8. The summed E-state index contributed by atoms with van der Waals surface area (Å²) in [4.78, 5) is 6.54. The topological polar surface area (TPSA) is 99.9 Å². The van der Waals surface area contributed by atoms with E-state index in [9.17, 15) is 0 Å². The van der Waals surface area contributed by atoms with Gasteiger partial charge in [-0.3, -0.25) is 10.3 Å². The SMILES string of the molecule is Cc1c(C2=NNC3C4CCCCC4n4cncc4N23)nnn1C#N. The molecule has 0 spiro atoms. The Hall–Kier alpha value is -2.89. The van der Waals surface area contributed by atoms with Gasteiger partial charge in [0.2, 0.25) is 6.19 Å². The summed E-state index contributed by atoms with van der Waals surface area (Å²) in [6, 6.07) is 0.468. The van der Waals surface area contributed by atoms with E-state index >= 15 is 0 Å². The fraction of sp³-hybridized carbons (Fsp3) is 0.533. The third-order valence-electron chi connectivity index (χ3n) is 5.45. The van der Waals surface area contributed by atoms with Crippen LogP contribution in [0, 0.1) is 24.3 Å². The highest BCUT2D eigenvalue weighted by Gasteiger charge is 2.47. The van der Waals surface area contributed by atoms with E-state index in [0.717, 1.165) is 5.82 Å². The second-order valence-electron chi connectivity index (χ2n) is 6.59. The average molecular weight is 323 g/mol. The van der Waals surface area contributed by atoms with Crippen molar-refractivity contribution in [2.24, 2.45) is 11.0 Å². The molecule has 5 rings (SSSR count). The Morgan fingerprint density at radius 3 is 3.04 bits per heavy atom. The quantitative estimate of drug-likeness (QED) is 0.839. The highest BCUT2D eigenvalue weighted by molar-refractivity contribution is 6.10. The van der Waals surface area contributed by atoms with Gasteiger partial charge < -0.3 is 4.57 Å². The molecular formula is C15H17N9. The molecule has 9 nitrogen and oxygen atoms in total. The summed E-state index contributed by atoms with van der Waals surface area (Å²) >= 11 is 0. The second-order valence-corrected chi connectivity index (χ2v) is 6.59. The number of aromatic nitrogens is 5. The monoisotopic (exact) mass is 323 g/mol. The number of rotatable bonds is 1. The minimum absolute atomic E-state index is 0.112. The first-order chi connectivity index (χ1) is 11.8. The van der Waals surface area contributed by atoms with Gasteiger partial charge in [-0.15, -0.1) is 5.10 Å². The van der Waals surface area contributed by atoms with Crippen molar-refractivity contribution < 1.29 is 0 Å². The Bertz CT molecular complexity index is 870. The van der Waals surface area contributed by atoms with Gasteiger partial charge in [-0.05, 0) is 19.8 Å². The molecule has 24 heavy (non-hydrogen) atoms. The lowest BCUT2D eigenvalue weighted by atomic mass is 9.80. The van der Waals surface area contributed by atoms with Gasteiger partial charge in [-0.1, -0.05) is 18.1 Å². The minimum atomic E-state index is 0.112. The summed E-state index contributed by atoms with van der Waals surface area (Å²) in [6.07, 6.45) is 10.8. The van der Waals surface area contributed by atoms with Crippen molar-refractivity contribution in [1.82, 2.24) is 30.0 Å². The zero-order chi connectivity index (χ0) is 16.3. The molecule has 3 unspecified atom stereocenters. The molecule has 3 aliphatic rings. The van der Waals surface area contributed by atoms with Gasteiger partial charge in [0.25, 0.3) is 0 Å². The number of nitrogens with one attached hydrogen (secondary N) is 1. The van der Waals surface area contributed by atoms with Crippen molar-refractivity contribution in [3.8, 4) is 6.19 Å². The first kappa shape index (κ1) is 13.5. The number of nitriles is 1. The van der Waals surface area contributed by atoms with Crippen molar-refractivity contribution >= 4 is 11.7 Å². The molecule has 1 fully saturated rings. The van der Waals surface area contributed by atoms with Crippen LogP contribution in [0.15, 0.2) is 17.6 Å². The van der Waals surface area contributed by atoms with Gasteiger partial charge in [0.15, 0.2) is 11.5 Å². The lowest BCUT2D eigenvalue weighted by molar-refractivity contribution is 0.176. The maximum Gasteiger partial charge on any atom is 0.208 e. The number of imidazole rings is 1. The van der Waals surface area contributed by atoms with Crippen molar-refractivity contribution in [2.45, 2.75) is 44.8 Å². The van der Waals surface area contributed by atoms with Crippen LogP contribution in [0.2, 0.25) is 0 Å². The smallest absolute Gasteiger partial charge is 0.208 e. The molecule has 0 saturated heterocycles. The van der Waals surface area contributed by atoms with Gasteiger partial charge in [-0.25, -0.2) is 4.98 Å². The van der Waals surface area contributed by atoms with Gasteiger partial charge in [0.05, 0.1) is 18.2 Å². The summed E-state index contributed by atoms with van der Waals surface area (Å²) in [7, 11) is 0.